The molecule has 90 valence electrons. The molecule has 0 amide bonds. The normalized spacial score (nSPS) is 12.6. The number of hydrogen-bond donors (Lipinski definition) is 1. The third kappa shape index (κ3) is 2.39. The van der Waals surface area contributed by atoms with Gasteiger partial charge in [0.1, 0.15) is 12.7 Å². The number of nitrogens with two attached hydrogens (primary N) is 1. The van der Waals surface area contributed by atoms with Crippen molar-refractivity contribution in [2.24, 2.45) is 5.73 Å². The highest BCUT2D eigenvalue weighted by atomic mass is 16.1. The average molecular weight is 234 g/mol. The van der Waals surface area contributed by atoms with E-state index in [0.29, 0.717) is 18.8 Å². The number of hydrogen-bond acceptors (Lipinski definition) is 5. The summed E-state index contributed by atoms with van der Waals surface area (Å²) in [5.74, 6) is 0.561. The Balaban J connectivity index is 2.39. The minimum atomic E-state index is -0.144. The number of rotatable bonds is 4. The Morgan fingerprint density at radius 1 is 1.47 bits per heavy atom. The minimum Gasteiger partial charge on any atom is -0.330 e. The van der Waals surface area contributed by atoms with Crippen molar-refractivity contribution in [3.05, 3.63) is 35.1 Å². The lowest BCUT2D eigenvalue weighted by Crippen LogP contribution is -2.27. The predicted molar refractivity (Wildman–Crippen MR) is 61.8 cm³/mol. The van der Waals surface area contributed by atoms with Gasteiger partial charge in [-0.1, -0.05) is 0 Å². The Kier molecular flexibility index (Phi) is 3.29. The van der Waals surface area contributed by atoms with E-state index < -0.39 is 0 Å². The van der Waals surface area contributed by atoms with Crippen molar-refractivity contribution in [2.75, 3.05) is 6.54 Å². The lowest BCUT2D eigenvalue weighted by atomic mass is 10.2. The third-order valence-electron chi connectivity index (χ3n) is 2.47. The van der Waals surface area contributed by atoms with Gasteiger partial charge >= 0.3 is 0 Å². The molecule has 1 atom stereocenters. The van der Waals surface area contributed by atoms with Crippen LogP contribution in [0.25, 0.3) is 5.82 Å². The lowest BCUT2D eigenvalue weighted by molar-refractivity contribution is 0.439. The first kappa shape index (κ1) is 11.5. The summed E-state index contributed by atoms with van der Waals surface area (Å²) >= 11 is 0. The molecule has 7 heteroatoms. The smallest absolute Gasteiger partial charge is 0.267 e. The molecule has 0 bridgehead atoms. The minimum absolute atomic E-state index is 0.0315. The van der Waals surface area contributed by atoms with Crippen LogP contribution in [0.15, 0.2) is 29.6 Å². The molecular weight excluding hydrogens is 220 g/mol. The zero-order valence-corrected chi connectivity index (χ0v) is 9.52. The van der Waals surface area contributed by atoms with Crippen LogP contribution in [0.4, 0.5) is 0 Å². The fourth-order valence-corrected chi connectivity index (χ4v) is 1.54. The van der Waals surface area contributed by atoms with Gasteiger partial charge in [-0.05, 0) is 26.0 Å². The highest BCUT2D eigenvalue weighted by Crippen LogP contribution is 2.06. The second-order valence-electron chi connectivity index (χ2n) is 3.74. The summed E-state index contributed by atoms with van der Waals surface area (Å²) in [5.41, 5.74) is 5.34. The van der Waals surface area contributed by atoms with E-state index in [-0.39, 0.29) is 11.6 Å². The second kappa shape index (κ2) is 4.88. The van der Waals surface area contributed by atoms with Crippen LogP contribution < -0.4 is 11.3 Å². The van der Waals surface area contributed by atoms with Gasteiger partial charge in [-0.15, -0.1) is 5.10 Å². The Labute approximate surface area is 97.9 Å². The van der Waals surface area contributed by atoms with E-state index in [4.69, 9.17) is 5.73 Å². The van der Waals surface area contributed by atoms with Crippen molar-refractivity contribution < 1.29 is 0 Å². The van der Waals surface area contributed by atoms with E-state index in [2.05, 4.69) is 15.2 Å². The summed E-state index contributed by atoms with van der Waals surface area (Å²) in [7, 11) is 0. The van der Waals surface area contributed by atoms with Gasteiger partial charge in [0.05, 0.1) is 6.04 Å². The van der Waals surface area contributed by atoms with E-state index in [0.717, 1.165) is 0 Å². The van der Waals surface area contributed by atoms with Gasteiger partial charge in [0.2, 0.25) is 0 Å². The molecule has 0 aromatic carbocycles. The molecule has 0 aliphatic heterocycles. The first-order valence-electron chi connectivity index (χ1n) is 5.37. The van der Waals surface area contributed by atoms with Gasteiger partial charge in [-0.25, -0.2) is 14.3 Å². The first-order chi connectivity index (χ1) is 8.22. The van der Waals surface area contributed by atoms with E-state index in [1.54, 1.807) is 6.07 Å². The third-order valence-corrected chi connectivity index (χ3v) is 2.47. The van der Waals surface area contributed by atoms with Gasteiger partial charge in [-0.3, -0.25) is 4.79 Å². The van der Waals surface area contributed by atoms with E-state index >= 15 is 0 Å². The summed E-state index contributed by atoms with van der Waals surface area (Å²) in [5, 5.41) is 8.21. The Morgan fingerprint density at radius 3 is 2.94 bits per heavy atom. The van der Waals surface area contributed by atoms with Gasteiger partial charge in [-0.2, -0.15) is 5.10 Å². The molecule has 7 nitrogen and oxygen atoms in total. The SMILES string of the molecule is CC(CCN)n1nc(-n2cncn2)ccc1=O. The molecule has 0 spiro atoms. The van der Waals surface area contributed by atoms with Gasteiger partial charge in [0.15, 0.2) is 5.82 Å². The van der Waals surface area contributed by atoms with Gasteiger partial charge in [0, 0.05) is 6.07 Å². The molecule has 0 saturated carbocycles. The van der Waals surface area contributed by atoms with Crippen molar-refractivity contribution in [1.29, 1.82) is 0 Å². The van der Waals surface area contributed by atoms with Crippen molar-refractivity contribution in [3.8, 4) is 5.82 Å². The Morgan fingerprint density at radius 2 is 2.29 bits per heavy atom. The summed E-state index contributed by atoms with van der Waals surface area (Å²) in [4.78, 5) is 15.5. The van der Waals surface area contributed by atoms with E-state index in [9.17, 15) is 4.79 Å². The molecule has 2 aromatic rings. The number of aromatic nitrogens is 5. The average Bonchev–Trinajstić information content (AvgIpc) is 2.83. The fraction of sp³-hybridized carbons (Fsp3) is 0.400. The topological polar surface area (TPSA) is 91.6 Å². The first-order valence-corrected chi connectivity index (χ1v) is 5.37. The maximum Gasteiger partial charge on any atom is 0.267 e. The summed E-state index contributed by atoms with van der Waals surface area (Å²) in [6, 6.07) is 3.05. The Hall–Kier alpha value is -2.02. The highest BCUT2D eigenvalue weighted by molar-refractivity contribution is 5.16. The molecule has 2 N–H and O–H groups in total. The molecule has 0 fully saturated rings. The van der Waals surface area contributed by atoms with Crippen LogP contribution in [0.2, 0.25) is 0 Å². The van der Waals surface area contributed by atoms with Crippen molar-refractivity contribution in [2.45, 2.75) is 19.4 Å². The van der Waals surface area contributed by atoms with Crippen molar-refractivity contribution in [3.63, 3.8) is 0 Å². The summed E-state index contributed by atoms with van der Waals surface area (Å²) in [6.07, 6.45) is 3.65. The maximum atomic E-state index is 11.7. The largest absolute Gasteiger partial charge is 0.330 e. The zero-order valence-electron chi connectivity index (χ0n) is 9.52. The molecule has 0 aliphatic rings. The van der Waals surface area contributed by atoms with Crippen LogP contribution in [-0.4, -0.2) is 31.1 Å². The van der Waals surface area contributed by atoms with Crippen LogP contribution in [0.3, 0.4) is 0 Å². The molecular formula is C10H14N6O. The summed E-state index contributed by atoms with van der Waals surface area (Å²) in [6.45, 7) is 2.43. The van der Waals surface area contributed by atoms with Crippen LogP contribution in [0, 0.1) is 0 Å². The molecule has 0 saturated heterocycles. The van der Waals surface area contributed by atoms with E-state index in [1.165, 1.54) is 28.1 Å². The monoisotopic (exact) mass is 234 g/mol. The molecule has 1 unspecified atom stereocenters. The van der Waals surface area contributed by atoms with Crippen LogP contribution >= 0.6 is 0 Å². The molecule has 2 rings (SSSR count). The molecule has 0 aliphatic carbocycles. The summed E-state index contributed by atoms with van der Waals surface area (Å²) < 4.78 is 2.93. The standard InChI is InChI=1S/C10H14N6O/c1-8(4-5-11)16-10(17)3-2-9(14-16)15-7-12-6-13-15/h2-3,6-8H,4-5,11H2,1H3. The van der Waals surface area contributed by atoms with Crippen LogP contribution in [0.5, 0.6) is 0 Å². The van der Waals surface area contributed by atoms with Gasteiger partial charge < -0.3 is 5.73 Å². The predicted octanol–water partition coefficient (Wildman–Crippen LogP) is -0.266. The number of nitrogens with zero attached hydrogens (tertiary/aromatic N) is 5. The maximum absolute atomic E-state index is 11.7. The van der Waals surface area contributed by atoms with Crippen LogP contribution in [0.1, 0.15) is 19.4 Å². The highest BCUT2D eigenvalue weighted by Gasteiger charge is 2.09. The quantitative estimate of drug-likeness (QED) is 0.786. The fourth-order valence-electron chi connectivity index (χ4n) is 1.54. The van der Waals surface area contributed by atoms with Crippen LogP contribution in [-0.2, 0) is 0 Å². The lowest BCUT2D eigenvalue weighted by Gasteiger charge is -2.13. The molecule has 0 radical (unpaired) electrons. The zero-order chi connectivity index (χ0) is 12.3. The second-order valence-corrected chi connectivity index (χ2v) is 3.74. The van der Waals surface area contributed by atoms with Crippen molar-refractivity contribution in [1.82, 2.24) is 24.5 Å². The Bertz CT molecular complexity index is 532. The van der Waals surface area contributed by atoms with E-state index in [1.807, 2.05) is 6.92 Å². The molecule has 2 heterocycles. The van der Waals surface area contributed by atoms with Gasteiger partial charge in [0.25, 0.3) is 5.56 Å². The molecule has 17 heavy (non-hydrogen) atoms. The van der Waals surface area contributed by atoms with Crippen molar-refractivity contribution >= 4 is 0 Å². The molecule has 2 aromatic heterocycles.